The normalized spacial score (nSPS) is 12.2. The number of rotatable bonds is 5. The van der Waals surface area contributed by atoms with Crippen molar-refractivity contribution >= 4 is 33.6 Å². The molecule has 17 heavy (non-hydrogen) atoms. The number of halogens is 2. The molecule has 0 bridgehead atoms. The molecule has 1 unspecified atom stereocenters. The van der Waals surface area contributed by atoms with E-state index in [0.717, 1.165) is 12.2 Å². The van der Waals surface area contributed by atoms with E-state index in [9.17, 15) is 9.18 Å². The number of carbonyl (C=O) groups excluding carboxylic acids is 1. The first-order valence-electron chi connectivity index (χ1n) is 5.34. The predicted octanol–water partition coefficient (Wildman–Crippen LogP) is 3.46. The summed E-state index contributed by atoms with van der Waals surface area (Å²) in [6.07, 6.45) is 2.81. The van der Waals surface area contributed by atoms with Gasteiger partial charge in [-0.05, 0) is 40.7 Å². The van der Waals surface area contributed by atoms with Gasteiger partial charge in [0.1, 0.15) is 5.82 Å². The van der Waals surface area contributed by atoms with Crippen LogP contribution in [0.15, 0.2) is 22.7 Å². The van der Waals surface area contributed by atoms with Crippen molar-refractivity contribution in [3.8, 4) is 0 Å². The molecule has 0 aromatic heterocycles. The third kappa shape index (κ3) is 4.00. The number of nitrogens with one attached hydrogen (secondary N) is 1. The number of carbonyl (C=O) groups is 1. The second-order valence-electron chi connectivity index (χ2n) is 3.63. The van der Waals surface area contributed by atoms with Crippen molar-refractivity contribution in [2.24, 2.45) is 0 Å². The number of hydrogen-bond donors (Lipinski definition) is 1. The SMILES string of the molecule is CCC(CSC)NC(=O)c1c(F)cccc1Br. The summed E-state index contributed by atoms with van der Waals surface area (Å²) >= 11 is 4.85. The second-order valence-corrected chi connectivity index (χ2v) is 5.40. The molecule has 0 aliphatic carbocycles. The van der Waals surface area contributed by atoms with E-state index in [2.05, 4.69) is 21.2 Å². The number of hydrogen-bond acceptors (Lipinski definition) is 2. The molecule has 1 amide bonds. The highest BCUT2D eigenvalue weighted by Gasteiger charge is 2.17. The summed E-state index contributed by atoms with van der Waals surface area (Å²) < 4.78 is 14.0. The van der Waals surface area contributed by atoms with Crippen molar-refractivity contribution in [1.29, 1.82) is 0 Å². The smallest absolute Gasteiger partial charge is 0.255 e. The topological polar surface area (TPSA) is 29.1 Å². The van der Waals surface area contributed by atoms with Crippen LogP contribution in [0.4, 0.5) is 4.39 Å². The van der Waals surface area contributed by atoms with Crippen molar-refractivity contribution in [2.45, 2.75) is 19.4 Å². The molecule has 0 spiro atoms. The first-order chi connectivity index (χ1) is 8.10. The molecule has 94 valence electrons. The van der Waals surface area contributed by atoms with Crippen LogP contribution in [0.5, 0.6) is 0 Å². The molecule has 2 nitrogen and oxygen atoms in total. The highest BCUT2D eigenvalue weighted by molar-refractivity contribution is 9.10. The third-order valence-corrected chi connectivity index (χ3v) is 3.78. The molecule has 0 saturated carbocycles. The van der Waals surface area contributed by atoms with E-state index in [0.29, 0.717) is 4.47 Å². The minimum absolute atomic E-state index is 0.0732. The average molecular weight is 320 g/mol. The van der Waals surface area contributed by atoms with Crippen LogP contribution in [0.1, 0.15) is 23.7 Å². The predicted molar refractivity (Wildman–Crippen MR) is 74.0 cm³/mol. The van der Waals surface area contributed by atoms with Crippen LogP contribution < -0.4 is 5.32 Å². The highest BCUT2D eigenvalue weighted by Crippen LogP contribution is 2.19. The molecule has 1 aromatic rings. The maximum Gasteiger partial charge on any atom is 0.255 e. The minimum atomic E-state index is -0.504. The molecule has 1 rings (SSSR count). The van der Waals surface area contributed by atoms with Crippen molar-refractivity contribution < 1.29 is 9.18 Å². The first-order valence-corrected chi connectivity index (χ1v) is 7.52. The van der Waals surface area contributed by atoms with Crippen LogP contribution in [0.25, 0.3) is 0 Å². The maximum absolute atomic E-state index is 13.5. The summed E-state index contributed by atoms with van der Waals surface area (Å²) in [5, 5.41) is 2.84. The summed E-state index contributed by atoms with van der Waals surface area (Å²) in [6.45, 7) is 2.00. The van der Waals surface area contributed by atoms with Gasteiger partial charge in [-0.2, -0.15) is 11.8 Å². The number of amides is 1. The zero-order valence-corrected chi connectivity index (χ0v) is 12.2. The largest absolute Gasteiger partial charge is 0.348 e. The van der Waals surface area contributed by atoms with Gasteiger partial charge in [-0.25, -0.2) is 4.39 Å². The molecule has 0 aliphatic rings. The molecule has 0 saturated heterocycles. The lowest BCUT2D eigenvalue weighted by Crippen LogP contribution is -2.36. The van der Waals surface area contributed by atoms with E-state index in [4.69, 9.17) is 0 Å². The molecule has 0 heterocycles. The Hall–Kier alpha value is -0.550. The van der Waals surface area contributed by atoms with Gasteiger partial charge < -0.3 is 5.32 Å². The van der Waals surface area contributed by atoms with Gasteiger partial charge in [-0.3, -0.25) is 4.79 Å². The van der Waals surface area contributed by atoms with Crippen molar-refractivity contribution in [2.75, 3.05) is 12.0 Å². The summed E-state index contributed by atoms with van der Waals surface area (Å²) in [7, 11) is 0. The lowest BCUT2D eigenvalue weighted by Gasteiger charge is -2.16. The zero-order valence-electron chi connectivity index (χ0n) is 9.80. The Morgan fingerprint density at radius 2 is 2.29 bits per heavy atom. The van der Waals surface area contributed by atoms with Gasteiger partial charge in [-0.1, -0.05) is 13.0 Å². The Balaban J connectivity index is 2.82. The van der Waals surface area contributed by atoms with Gasteiger partial charge in [0.15, 0.2) is 0 Å². The van der Waals surface area contributed by atoms with Crippen molar-refractivity contribution in [3.63, 3.8) is 0 Å². The standard InChI is InChI=1S/C12H15BrFNOS/c1-3-8(7-17-2)15-12(16)11-9(13)5-4-6-10(11)14/h4-6,8H,3,7H2,1-2H3,(H,15,16). The van der Waals surface area contributed by atoms with E-state index < -0.39 is 5.82 Å². The van der Waals surface area contributed by atoms with Gasteiger partial charge >= 0.3 is 0 Å². The zero-order chi connectivity index (χ0) is 12.8. The summed E-state index contributed by atoms with van der Waals surface area (Å²) in [4.78, 5) is 11.9. The summed E-state index contributed by atoms with van der Waals surface area (Å²) in [5.41, 5.74) is 0.0760. The van der Waals surface area contributed by atoms with Gasteiger partial charge in [-0.15, -0.1) is 0 Å². The van der Waals surface area contributed by atoms with Crippen molar-refractivity contribution in [1.82, 2.24) is 5.32 Å². The van der Waals surface area contributed by atoms with Crippen LogP contribution in [0, 0.1) is 5.82 Å². The van der Waals surface area contributed by atoms with Gasteiger partial charge in [0.2, 0.25) is 0 Å². The fraction of sp³-hybridized carbons (Fsp3) is 0.417. The average Bonchev–Trinajstić information content (AvgIpc) is 2.28. The van der Waals surface area contributed by atoms with Gasteiger partial charge in [0.25, 0.3) is 5.91 Å². The Kier molecular flexibility index (Phi) is 5.98. The lowest BCUT2D eigenvalue weighted by atomic mass is 10.1. The molecule has 1 atom stereocenters. The molecular formula is C12H15BrFNOS. The van der Waals surface area contributed by atoms with E-state index in [-0.39, 0.29) is 17.5 Å². The lowest BCUT2D eigenvalue weighted by molar-refractivity contribution is 0.0935. The monoisotopic (exact) mass is 319 g/mol. The molecule has 0 radical (unpaired) electrons. The first kappa shape index (κ1) is 14.5. The molecule has 1 N–H and O–H groups in total. The molecule has 0 fully saturated rings. The highest BCUT2D eigenvalue weighted by atomic mass is 79.9. The Bertz CT molecular complexity index is 380. The number of benzene rings is 1. The maximum atomic E-state index is 13.5. The van der Waals surface area contributed by atoms with E-state index in [1.807, 2.05) is 13.2 Å². The Labute approximate surface area is 113 Å². The quantitative estimate of drug-likeness (QED) is 0.900. The van der Waals surface area contributed by atoms with E-state index in [1.165, 1.54) is 6.07 Å². The van der Waals surface area contributed by atoms with E-state index >= 15 is 0 Å². The fourth-order valence-electron chi connectivity index (χ4n) is 1.44. The fourth-order valence-corrected chi connectivity index (χ4v) is 2.68. The Morgan fingerprint density at radius 3 is 2.82 bits per heavy atom. The van der Waals surface area contributed by atoms with Gasteiger partial charge in [0, 0.05) is 16.3 Å². The summed E-state index contributed by atoms with van der Waals surface area (Å²) in [5.74, 6) is -0.0411. The van der Waals surface area contributed by atoms with Crippen LogP contribution in [0.2, 0.25) is 0 Å². The Morgan fingerprint density at radius 1 is 1.59 bits per heavy atom. The van der Waals surface area contributed by atoms with Crippen molar-refractivity contribution in [3.05, 3.63) is 34.1 Å². The van der Waals surface area contributed by atoms with Crippen LogP contribution in [0.3, 0.4) is 0 Å². The second kappa shape index (κ2) is 7.01. The van der Waals surface area contributed by atoms with Crippen LogP contribution in [-0.4, -0.2) is 24.0 Å². The third-order valence-electron chi connectivity index (χ3n) is 2.39. The van der Waals surface area contributed by atoms with E-state index in [1.54, 1.807) is 23.9 Å². The molecule has 0 aliphatic heterocycles. The number of thioether (sulfide) groups is 1. The van der Waals surface area contributed by atoms with Gasteiger partial charge in [0.05, 0.1) is 5.56 Å². The minimum Gasteiger partial charge on any atom is -0.348 e. The molecule has 5 heteroatoms. The van der Waals surface area contributed by atoms with Crippen LogP contribution >= 0.6 is 27.7 Å². The summed E-state index contributed by atoms with van der Waals surface area (Å²) in [6, 6.07) is 4.59. The molecular weight excluding hydrogens is 305 g/mol. The molecule has 1 aromatic carbocycles. The van der Waals surface area contributed by atoms with Crippen LogP contribution in [-0.2, 0) is 0 Å².